The summed E-state index contributed by atoms with van der Waals surface area (Å²) in [6.07, 6.45) is 1.82. The van der Waals surface area contributed by atoms with Crippen molar-refractivity contribution in [2.24, 2.45) is 0 Å². The fraction of sp³-hybridized carbons (Fsp3) is 0.273. The number of fused-ring (bicyclic) bond motifs is 2. The fourth-order valence-corrected chi connectivity index (χ4v) is 4.80. The molecule has 4 rings (SSSR count). The molecule has 0 atom stereocenters. The Labute approximate surface area is 185 Å². The van der Waals surface area contributed by atoms with E-state index >= 15 is 0 Å². The summed E-state index contributed by atoms with van der Waals surface area (Å²) in [6, 6.07) is 7.79. The second-order valence-corrected chi connectivity index (χ2v) is 8.68. The van der Waals surface area contributed by atoms with Crippen molar-refractivity contribution in [2.45, 2.75) is 38.3 Å². The van der Waals surface area contributed by atoms with Gasteiger partial charge < -0.3 is 10.2 Å². The molecule has 0 spiro atoms. The number of thioether (sulfide) groups is 1. The average Bonchev–Trinajstić information content (AvgIpc) is 2.80. The quantitative estimate of drug-likeness (QED) is 0.429. The Morgan fingerprint density at radius 1 is 1.07 bits per heavy atom. The largest absolute Gasteiger partial charge is 0.318 e. The summed E-state index contributed by atoms with van der Waals surface area (Å²) in [6.45, 7) is 8.50. The molecule has 0 bridgehead atoms. The zero-order chi connectivity index (χ0) is 21.4. The van der Waals surface area contributed by atoms with E-state index < -0.39 is 0 Å². The summed E-state index contributed by atoms with van der Waals surface area (Å²) in [5.41, 5.74) is 5.03. The van der Waals surface area contributed by atoms with Crippen molar-refractivity contribution in [3.8, 4) is 0 Å². The summed E-state index contributed by atoms with van der Waals surface area (Å²) < 4.78 is 0. The molecule has 30 heavy (non-hydrogen) atoms. The van der Waals surface area contributed by atoms with Crippen LogP contribution >= 0.6 is 23.4 Å². The normalized spacial score (nSPS) is 12.8. The van der Waals surface area contributed by atoms with E-state index in [9.17, 15) is 4.79 Å². The van der Waals surface area contributed by atoms with Gasteiger partial charge in [0, 0.05) is 34.8 Å². The lowest BCUT2D eigenvalue weighted by atomic mass is 10.2. The number of carbonyl (C=O) groups excluding carboxylic acids is 1. The van der Waals surface area contributed by atoms with E-state index in [0.29, 0.717) is 40.3 Å². The van der Waals surface area contributed by atoms with E-state index in [2.05, 4.69) is 32.4 Å². The van der Waals surface area contributed by atoms with Crippen LogP contribution in [0.15, 0.2) is 35.4 Å². The standard InChI is InChI=1S/C22H22ClN5OS/c1-5-28-20-17(22(29)27-19-12(2)6-18(23)26-21(19)28)9-15(10-24-20)11-30-16-7-13(3)25-14(4)8-16/h6-10H,5,11H2,1-4H3,(H,27,29). The molecule has 3 aromatic rings. The molecule has 1 amide bonds. The summed E-state index contributed by atoms with van der Waals surface area (Å²) in [5, 5.41) is 3.38. The van der Waals surface area contributed by atoms with Crippen LogP contribution in [0.25, 0.3) is 0 Å². The third kappa shape index (κ3) is 4.00. The molecular formula is C22H22ClN5OS. The Hall–Kier alpha value is -2.64. The first-order valence-electron chi connectivity index (χ1n) is 9.68. The number of aromatic nitrogens is 3. The van der Waals surface area contributed by atoms with Crippen LogP contribution in [-0.4, -0.2) is 27.4 Å². The van der Waals surface area contributed by atoms with Crippen molar-refractivity contribution in [2.75, 3.05) is 16.8 Å². The highest BCUT2D eigenvalue weighted by molar-refractivity contribution is 7.98. The van der Waals surface area contributed by atoms with Crippen molar-refractivity contribution in [1.82, 2.24) is 15.0 Å². The number of nitrogens with one attached hydrogen (secondary N) is 1. The molecule has 0 aromatic carbocycles. The zero-order valence-electron chi connectivity index (χ0n) is 17.3. The zero-order valence-corrected chi connectivity index (χ0v) is 18.9. The minimum Gasteiger partial charge on any atom is -0.318 e. The number of hydrogen-bond acceptors (Lipinski definition) is 6. The van der Waals surface area contributed by atoms with Crippen LogP contribution in [0, 0.1) is 20.8 Å². The van der Waals surface area contributed by atoms with Gasteiger partial charge in [-0.3, -0.25) is 9.78 Å². The Morgan fingerprint density at radius 2 is 1.80 bits per heavy atom. The number of anilines is 3. The third-order valence-corrected chi connectivity index (χ3v) is 6.10. The van der Waals surface area contributed by atoms with Gasteiger partial charge in [0.2, 0.25) is 0 Å². The maximum atomic E-state index is 13.0. The molecule has 3 aromatic heterocycles. The van der Waals surface area contributed by atoms with Gasteiger partial charge >= 0.3 is 0 Å². The van der Waals surface area contributed by atoms with Gasteiger partial charge in [0.05, 0.1) is 11.3 Å². The topological polar surface area (TPSA) is 71.0 Å². The molecule has 154 valence electrons. The minimum atomic E-state index is -0.190. The van der Waals surface area contributed by atoms with Crippen molar-refractivity contribution in [3.05, 3.63) is 63.7 Å². The number of rotatable bonds is 4. The minimum absolute atomic E-state index is 0.190. The van der Waals surface area contributed by atoms with E-state index in [1.165, 1.54) is 0 Å². The highest BCUT2D eigenvalue weighted by Gasteiger charge is 2.28. The molecule has 6 nitrogen and oxygen atoms in total. The highest BCUT2D eigenvalue weighted by atomic mass is 35.5. The summed E-state index contributed by atoms with van der Waals surface area (Å²) in [4.78, 5) is 29.6. The van der Waals surface area contributed by atoms with Gasteiger partial charge in [-0.1, -0.05) is 11.6 Å². The average molecular weight is 440 g/mol. The van der Waals surface area contributed by atoms with Crippen molar-refractivity contribution in [3.63, 3.8) is 0 Å². The Morgan fingerprint density at radius 3 is 2.50 bits per heavy atom. The number of nitrogens with zero attached hydrogens (tertiary/aromatic N) is 4. The summed E-state index contributed by atoms with van der Waals surface area (Å²) >= 11 is 7.89. The van der Waals surface area contributed by atoms with Crippen molar-refractivity contribution in [1.29, 1.82) is 0 Å². The lowest BCUT2D eigenvalue weighted by Gasteiger charge is -2.23. The molecular weight excluding hydrogens is 418 g/mol. The number of halogens is 1. The maximum absolute atomic E-state index is 13.0. The molecule has 1 N–H and O–H groups in total. The van der Waals surface area contributed by atoms with Gasteiger partial charge in [0.15, 0.2) is 5.82 Å². The van der Waals surface area contributed by atoms with E-state index in [0.717, 1.165) is 27.4 Å². The first-order valence-corrected chi connectivity index (χ1v) is 11.0. The summed E-state index contributed by atoms with van der Waals surface area (Å²) in [5.74, 6) is 1.72. The second-order valence-electron chi connectivity index (χ2n) is 7.25. The first kappa shape index (κ1) is 20.6. The molecule has 1 aliphatic rings. The van der Waals surface area contributed by atoms with E-state index in [1.54, 1.807) is 17.8 Å². The van der Waals surface area contributed by atoms with Crippen LogP contribution in [0.2, 0.25) is 5.15 Å². The lowest BCUT2D eigenvalue weighted by molar-refractivity contribution is 0.102. The van der Waals surface area contributed by atoms with Gasteiger partial charge in [-0.05, 0) is 63.1 Å². The molecule has 0 saturated heterocycles. The number of hydrogen-bond donors (Lipinski definition) is 1. The first-order chi connectivity index (χ1) is 14.4. The van der Waals surface area contributed by atoms with Crippen LogP contribution in [-0.2, 0) is 5.75 Å². The number of pyridine rings is 3. The summed E-state index contributed by atoms with van der Waals surface area (Å²) in [7, 11) is 0. The highest BCUT2D eigenvalue weighted by Crippen LogP contribution is 2.38. The number of carbonyl (C=O) groups is 1. The molecule has 0 fully saturated rings. The van der Waals surface area contributed by atoms with Crippen LogP contribution in [0.5, 0.6) is 0 Å². The predicted octanol–water partition coefficient (Wildman–Crippen LogP) is 5.47. The van der Waals surface area contributed by atoms with Crippen molar-refractivity contribution >= 4 is 46.6 Å². The molecule has 1 aliphatic heterocycles. The lowest BCUT2D eigenvalue weighted by Crippen LogP contribution is -2.20. The fourth-order valence-electron chi connectivity index (χ4n) is 3.56. The van der Waals surface area contributed by atoms with Gasteiger partial charge in [0.25, 0.3) is 5.91 Å². The molecule has 0 aliphatic carbocycles. The van der Waals surface area contributed by atoms with Crippen LogP contribution < -0.4 is 10.2 Å². The molecule has 8 heteroatoms. The van der Waals surface area contributed by atoms with Gasteiger partial charge in [-0.15, -0.1) is 11.8 Å². The van der Waals surface area contributed by atoms with E-state index in [4.69, 9.17) is 11.6 Å². The Kier molecular flexibility index (Phi) is 5.66. The monoisotopic (exact) mass is 439 g/mol. The second kappa shape index (κ2) is 8.24. The van der Waals surface area contributed by atoms with Gasteiger partial charge in [-0.2, -0.15) is 0 Å². The smallest absolute Gasteiger partial charge is 0.259 e. The predicted molar refractivity (Wildman–Crippen MR) is 122 cm³/mol. The third-order valence-electron chi connectivity index (χ3n) is 4.86. The van der Waals surface area contributed by atoms with Crippen molar-refractivity contribution < 1.29 is 4.79 Å². The number of amides is 1. The van der Waals surface area contributed by atoms with Gasteiger partial charge in [0.1, 0.15) is 11.0 Å². The van der Waals surface area contributed by atoms with Crippen LogP contribution in [0.1, 0.15) is 39.8 Å². The SMILES string of the molecule is CCN1c2ncc(CSc3cc(C)nc(C)c3)cc2C(=O)Nc2c(C)cc(Cl)nc21. The molecule has 4 heterocycles. The molecule has 0 unspecified atom stereocenters. The molecule has 0 saturated carbocycles. The maximum Gasteiger partial charge on any atom is 0.259 e. The van der Waals surface area contributed by atoms with Gasteiger partial charge in [-0.25, -0.2) is 9.97 Å². The van der Waals surface area contributed by atoms with Crippen LogP contribution in [0.3, 0.4) is 0 Å². The van der Waals surface area contributed by atoms with E-state index in [1.807, 2.05) is 44.9 Å². The Bertz CT molecular complexity index is 1130. The van der Waals surface area contributed by atoms with E-state index in [-0.39, 0.29) is 5.91 Å². The number of aryl methyl sites for hydroxylation is 3. The molecule has 0 radical (unpaired) electrons. The van der Waals surface area contributed by atoms with Crippen LogP contribution in [0.4, 0.5) is 17.3 Å². The Balaban J connectivity index is 1.68.